The fourth-order valence-electron chi connectivity index (χ4n) is 3.08. The van der Waals surface area contributed by atoms with Crippen LogP contribution in [-0.4, -0.2) is 28.3 Å². The maximum atomic E-state index is 12.4. The van der Waals surface area contributed by atoms with Crippen LogP contribution in [-0.2, 0) is 11.3 Å². The Balaban J connectivity index is 1.49. The average Bonchev–Trinajstić information content (AvgIpc) is 3.34. The van der Waals surface area contributed by atoms with E-state index >= 15 is 0 Å². The molecule has 0 saturated heterocycles. The highest BCUT2D eigenvalue weighted by molar-refractivity contribution is 5.78. The average molecular weight is 340 g/mol. The molecule has 2 N–H and O–H groups in total. The summed E-state index contributed by atoms with van der Waals surface area (Å²) < 4.78 is 1.91. The first kappa shape index (κ1) is 17.7. The first-order valence-electron chi connectivity index (χ1n) is 9.09. The number of carbonyl (C=O) groups is 1. The summed E-state index contributed by atoms with van der Waals surface area (Å²) in [7, 11) is 0. The van der Waals surface area contributed by atoms with Crippen LogP contribution in [0.2, 0.25) is 0 Å². The third-order valence-electron chi connectivity index (χ3n) is 4.68. The lowest BCUT2D eigenvalue weighted by atomic mass is 10.0. The molecule has 5 nitrogen and oxygen atoms in total. The summed E-state index contributed by atoms with van der Waals surface area (Å²) in [6.45, 7) is 7.27. The van der Waals surface area contributed by atoms with Gasteiger partial charge in [0.2, 0.25) is 5.91 Å². The second-order valence-electron chi connectivity index (χ2n) is 7.31. The fraction of sp³-hybridized carbons (Fsp3) is 0.500. The van der Waals surface area contributed by atoms with E-state index in [1.807, 2.05) is 24.0 Å². The minimum atomic E-state index is 0.0565. The SMILES string of the molecule is Cc1ccc([C@H](NC(=O)CN[C@H](C)Cn2cc(C)cn2)C2CC2)cc1. The molecule has 0 aliphatic heterocycles. The lowest BCUT2D eigenvalue weighted by Gasteiger charge is -2.20. The predicted molar refractivity (Wildman–Crippen MR) is 99.2 cm³/mol. The molecule has 0 spiro atoms. The number of amides is 1. The Kier molecular flexibility index (Phi) is 5.53. The molecular formula is C20H28N4O. The van der Waals surface area contributed by atoms with Gasteiger partial charge in [0, 0.05) is 12.2 Å². The van der Waals surface area contributed by atoms with Crippen LogP contribution >= 0.6 is 0 Å². The summed E-state index contributed by atoms with van der Waals surface area (Å²) in [6, 6.07) is 8.82. The summed E-state index contributed by atoms with van der Waals surface area (Å²) in [5.74, 6) is 0.636. The van der Waals surface area contributed by atoms with Crippen molar-refractivity contribution in [3.05, 3.63) is 53.3 Å². The van der Waals surface area contributed by atoms with Crippen molar-refractivity contribution in [2.45, 2.75) is 52.2 Å². The van der Waals surface area contributed by atoms with Gasteiger partial charge in [-0.25, -0.2) is 0 Å². The molecule has 2 aromatic rings. The lowest BCUT2D eigenvalue weighted by molar-refractivity contribution is -0.121. The standard InChI is InChI=1S/C20H28N4O/c1-14-4-6-17(7-5-14)20(18-8-9-18)23-19(25)11-21-16(3)13-24-12-15(2)10-22-24/h4-7,10,12,16,18,20-21H,8-9,11,13H2,1-3H3,(H,23,25)/t16-,20+/m1/s1. The number of aromatic nitrogens is 2. The van der Waals surface area contributed by atoms with E-state index in [4.69, 9.17) is 0 Å². The van der Waals surface area contributed by atoms with Gasteiger partial charge in [0.15, 0.2) is 0 Å². The summed E-state index contributed by atoms with van der Waals surface area (Å²) in [5.41, 5.74) is 3.60. The molecule has 0 unspecified atom stereocenters. The molecule has 1 saturated carbocycles. The van der Waals surface area contributed by atoms with Crippen LogP contribution in [0.1, 0.15) is 42.5 Å². The van der Waals surface area contributed by atoms with Crippen LogP contribution in [0, 0.1) is 19.8 Å². The van der Waals surface area contributed by atoms with Gasteiger partial charge in [-0.2, -0.15) is 5.10 Å². The molecule has 5 heteroatoms. The Morgan fingerprint density at radius 3 is 2.56 bits per heavy atom. The first-order valence-corrected chi connectivity index (χ1v) is 9.09. The molecule has 1 aromatic heterocycles. The van der Waals surface area contributed by atoms with E-state index in [-0.39, 0.29) is 18.0 Å². The van der Waals surface area contributed by atoms with Gasteiger partial charge in [-0.05, 0) is 50.7 Å². The van der Waals surface area contributed by atoms with Crippen LogP contribution in [0.3, 0.4) is 0 Å². The molecule has 25 heavy (non-hydrogen) atoms. The molecule has 1 aliphatic carbocycles. The number of nitrogens with one attached hydrogen (secondary N) is 2. The summed E-state index contributed by atoms with van der Waals surface area (Å²) in [5, 5.41) is 10.8. The largest absolute Gasteiger partial charge is 0.348 e. The smallest absolute Gasteiger partial charge is 0.234 e. The van der Waals surface area contributed by atoms with Gasteiger partial charge >= 0.3 is 0 Å². The molecular weight excluding hydrogens is 312 g/mol. The summed E-state index contributed by atoms with van der Waals surface area (Å²) in [4.78, 5) is 12.4. The number of aryl methyl sites for hydroxylation is 2. The van der Waals surface area contributed by atoms with Gasteiger partial charge in [-0.1, -0.05) is 29.8 Å². The van der Waals surface area contributed by atoms with Gasteiger partial charge in [-0.15, -0.1) is 0 Å². The molecule has 1 aliphatic rings. The molecule has 1 fully saturated rings. The monoisotopic (exact) mass is 340 g/mol. The van der Waals surface area contributed by atoms with Gasteiger partial charge in [-0.3, -0.25) is 9.48 Å². The molecule has 0 bridgehead atoms. The maximum Gasteiger partial charge on any atom is 0.234 e. The van der Waals surface area contributed by atoms with Gasteiger partial charge in [0.1, 0.15) is 0 Å². The number of nitrogens with zero attached hydrogens (tertiary/aromatic N) is 2. The van der Waals surface area contributed by atoms with Gasteiger partial charge < -0.3 is 10.6 Å². The van der Waals surface area contributed by atoms with E-state index in [0.29, 0.717) is 12.5 Å². The highest BCUT2D eigenvalue weighted by Crippen LogP contribution is 2.40. The second-order valence-corrected chi connectivity index (χ2v) is 7.31. The van der Waals surface area contributed by atoms with Crippen molar-refractivity contribution in [2.24, 2.45) is 5.92 Å². The quantitative estimate of drug-likeness (QED) is 0.777. The Labute approximate surface area is 149 Å². The van der Waals surface area contributed by atoms with Crippen molar-refractivity contribution in [3.8, 4) is 0 Å². The van der Waals surface area contributed by atoms with Crippen LogP contribution < -0.4 is 10.6 Å². The number of hydrogen-bond donors (Lipinski definition) is 2. The molecule has 3 rings (SSSR count). The van der Waals surface area contributed by atoms with Crippen LogP contribution in [0.5, 0.6) is 0 Å². The fourth-order valence-corrected chi connectivity index (χ4v) is 3.08. The summed E-state index contributed by atoms with van der Waals surface area (Å²) >= 11 is 0. The summed E-state index contributed by atoms with van der Waals surface area (Å²) in [6.07, 6.45) is 6.25. The molecule has 134 valence electrons. The zero-order chi connectivity index (χ0) is 17.8. The first-order chi connectivity index (χ1) is 12.0. The molecule has 1 heterocycles. The number of benzene rings is 1. The van der Waals surface area contributed by atoms with Crippen LogP contribution in [0.4, 0.5) is 0 Å². The van der Waals surface area contributed by atoms with Crippen molar-refractivity contribution in [1.82, 2.24) is 20.4 Å². The Morgan fingerprint density at radius 2 is 1.96 bits per heavy atom. The van der Waals surface area contributed by atoms with E-state index < -0.39 is 0 Å². The van der Waals surface area contributed by atoms with Crippen molar-refractivity contribution < 1.29 is 4.79 Å². The topological polar surface area (TPSA) is 59.0 Å². The molecule has 0 radical (unpaired) electrons. The number of rotatable bonds is 8. The van der Waals surface area contributed by atoms with E-state index in [9.17, 15) is 4.79 Å². The lowest BCUT2D eigenvalue weighted by Crippen LogP contribution is -2.41. The highest BCUT2D eigenvalue weighted by atomic mass is 16.2. The van der Waals surface area contributed by atoms with Crippen molar-refractivity contribution in [2.75, 3.05) is 6.54 Å². The van der Waals surface area contributed by atoms with Crippen molar-refractivity contribution in [1.29, 1.82) is 0 Å². The number of carbonyl (C=O) groups excluding carboxylic acids is 1. The van der Waals surface area contributed by atoms with Crippen LogP contribution in [0.25, 0.3) is 0 Å². The molecule has 2 atom stereocenters. The molecule has 1 aromatic carbocycles. The third kappa shape index (κ3) is 5.16. The zero-order valence-corrected chi connectivity index (χ0v) is 15.3. The van der Waals surface area contributed by atoms with E-state index in [0.717, 1.165) is 12.1 Å². The molecule has 1 amide bonds. The minimum absolute atomic E-state index is 0.0565. The Hall–Kier alpha value is -2.14. The van der Waals surface area contributed by atoms with E-state index in [1.165, 1.54) is 24.0 Å². The number of hydrogen-bond acceptors (Lipinski definition) is 3. The van der Waals surface area contributed by atoms with Crippen molar-refractivity contribution >= 4 is 5.91 Å². The predicted octanol–water partition coefficient (Wildman–Crippen LogP) is 2.75. The van der Waals surface area contributed by atoms with Crippen LogP contribution in [0.15, 0.2) is 36.7 Å². The Bertz CT molecular complexity index is 703. The Morgan fingerprint density at radius 1 is 1.24 bits per heavy atom. The van der Waals surface area contributed by atoms with Crippen molar-refractivity contribution in [3.63, 3.8) is 0 Å². The third-order valence-corrected chi connectivity index (χ3v) is 4.68. The maximum absolute atomic E-state index is 12.4. The zero-order valence-electron chi connectivity index (χ0n) is 15.3. The normalized spacial score (nSPS) is 16.4. The minimum Gasteiger partial charge on any atom is -0.348 e. The second kappa shape index (κ2) is 7.83. The van der Waals surface area contributed by atoms with E-state index in [2.05, 4.69) is 53.8 Å². The van der Waals surface area contributed by atoms with Gasteiger partial charge in [0.05, 0.1) is 25.3 Å². The highest BCUT2D eigenvalue weighted by Gasteiger charge is 2.33. The van der Waals surface area contributed by atoms with E-state index in [1.54, 1.807) is 0 Å². The van der Waals surface area contributed by atoms with Gasteiger partial charge in [0.25, 0.3) is 0 Å².